The highest BCUT2D eigenvalue weighted by molar-refractivity contribution is 7.91. The second-order valence-electron chi connectivity index (χ2n) is 4.42. The Bertz CT molecular complexity index is 555. The Kier molecular flexibility index (Phi) is 5.97. The van der Waals surface area contributed by atoms with Crippen LogP contribution in [0.5, 0.6) is 0 Å². The molecule has 112 valence electrons. The third-order valence-corrected chi connectivity index (χ3v) is 4.47. The van der Waals surface area contributed by atoms with E-state index in [0.717, 1.165) is 0 Å². The number of urea groups is 1. The van der Waals surface area contributed by atoms with E-state index in [-0.39, 0.29) is 18.1 Å². The number of benzene rings is 1. The number of amides is 2. The van der Waals surface area contributed by atoms with Crippen LogP contribution in [-0.4, -0.2) is 37.6 Å². The summed E-state index contributed by atoms with van der Waals surface area (Å²) in [6, 6.07) is 6.35. The van der Waals surface area contributed by atoms with E-state index in [9.17, 15) is 18.3 Å². The largest absolute Gasteiger partial charge is 0.389 e. The van der Waals surface area contributed by atoms with Gasteiger partial charge in [0.1, 0.15) is 0 Å². The maximum absolute atomic E-state index is 11.6. The predicted molar refractivity (Wildman–Crippen MR) is 78.4 cm³/mol. The number of nitrogens with one attached hydrogen (secondary N) is 2. The molecule has 3 N–H and O–H groups in total. The zero-order valence-electron chi connectivity index (χ0n) is 11.6. The number of aliphatic hydroxyl groups excluding tert-OH is 1. The molecule has 0 spiro atoms. The standard InChI is InChI=1S/C13H20N2O4S/c1-3-20(18,19)8-7-14-13(17)15-12-6-4-5-11(9-12)10(2)16/h4-6,9-10,16H,3,7-8H2,1-2H3,(H2,14,15,17). The van der Waals surface area contributed by atoms with Crippen molar-refractivity contribution in [2.75, 3.05) is 23.4 Å². The Morgan fingerprint density at radius 3 is 2.70 bits per heavy atom. The van der Waals surface area contributed by atoms with Gasteiger partial charge in [-0.2, -0.15) is 0 Å². The van der Waals surface area contributed by atoms with Crippen LogP contribution in [0.3, 0.4) is 0 Å². The van der Waals surface area contributed by atoms with E-state index >= 15 is 0 Å². The number of hydrogen-bond acceptors (Lipinski definition) is 4. The molecule has 0 saturated heterocycles. The summed E-state index contributed by atoms with van der Waals surface area (Å²) in [5.41, 5.74) is 1.23. The lowest BCUT2D eigenvalue weighted by atomic mass is 10.1. The third kappa shape index (κ3) is 5.58. The smallest absolute Gasteiger partial charge is 0.319 e. The van der Waals surface area contributed by atoms with Crippen LogP contribution in [0.25, 0.3) is 0 Å². The average Bonchev–Trinajstić information content (AvgIpc) is 2.38. The molecule has 0 aromatic heterocycles. The summed E-state index contributed by atoms with van der Waals surface area (Å²) in [5.74, 6) is -0.0165. The molecule has 6 nitrogen and oxygen atoms in total. The van der Waals surface area contributed by atoms with Crippen molar-refractivity contribution < 1.29 is 18.3 Å². The summed E-state index contributed by atoms with van der Waals surface area (Å²) in [4.78, 5) is 11.6. The maximum atomic E-state index is 11.6. The molecule has 1 aromatic rings. The molecular formula is C13H20N2O4S. The highest BCUT2D eigenvalue weighted by atomic mass is 32.2. The van der Waals surface area contributed by atoms with Crippen LogP contribution in [0.2, 0.25) is 0 Å². The molecule has 7 heteroatoms. The molecule has 0 aliphatic rings. The molecule has 20 heavy (non-hydrogen) atoms. The zero-order valence-corrected chi connectivity index (χ0v) is 12.4. The zero-order chi connectivity index (χ0) is 15.2. The van der Waals surface area contributed by atoms with E-state index in [2.05, 4.69) is 10.6 Å². The lowest BCUT2D eigenvalue weighted by Gasteiger charge is -2.10. The minimum Gasteiger partial charge on any atom is -0.389 e. The van der Waals surface area contributed by atoms with Gasteiger partial charge in [0.2, 0.25) is 0 Å². The number of sulfone groups is 1. The summed E-state index contributed by atoms with van der Waals surface area (Å²) < 4.78 is 22.5. The average molecular weight is 300 g/mol. The minimum absolute atomic E-state index is 0.0622. The van der Waals surface area contributed by atoms with Gasteiger partial charge in [0.05, 0.1) is 11.9 Å². The van der Waals surface area contributed by atoms with Gasteiger partial charge < -0.3 is 15.7 Å². The van der Waals surface area contributed by atoms with Crippen LogP contribution in [0.15, 0.2) is 24.3 Å². The second-order valence-corrected chi connectivity index (χ2v) is 6.89. The quantitative estimate of drug-likeness (QED) is 0.738. The fourth-order valence-corrected chi connectivity index (χ4v) is 2.22. The molecule has 0 radical (unpaired) electrons. The predicted octanol–water partition coefficient (Wildman–Crippen LogP) is 1.30. The summed E-state index contributed by atoms with van der Waals surface area (Å²) in [5, 5.41) is 14.5. The van der Waals surface area contributed by atoms with Crippen LogP contribution < -0.4 is 10.6 Å². The minimum atomic E-state index is -3.08. The molecular weight excluding hydrogens is 280 g/mol. The Morgan fingerprint density at radius 2 is 2.10 bits per heavy atom. The fourth-order valence-electron chi connectivity index (χ4n) is 1.52. The van der Waals surface area contributed by atoms with E-state index in [4.69, 9.17) is 0 Å². The highest BCUT2D eigenvalue weighted by Gasteiger charge is 2.09. The first-order valence-electron chi connectivity index (χ1n) is 6.37. The first kappa shape index (κ1) is 16.5. The van der Waals surface area contributed by atoms with Crippen LogP contribution in [-0.2, 0) is 9.84 Å². The number of hydrogen-bond donors (Lipinski definition) is 3. The van der Waals surface area contributed by atoms with Crippen LogP contribution in [0.1, 0.15) is 25.5 Å². The molecule has 0 aliphatic heterocycles. The van der Waals surface area contributed by atoms with Crippen LogP contribution >= 0.6 is 0 Å². The van der Waals surface area contributed by atoms with Gasteiger partial charge in [-0.1, -0.05) is 19.1 Å². The van der Waals surface area contributed by atoms with Crippen molar-refractivity contribution in [3.63, 3.8) is 0 Å². The van der Waals surface area contributed by atoms with Crippen molar-refractivity contribution in [3.05, 3.63) is 29.8 Å². The summed E-state index contributed by atoms with van der Waals surface area (Å²) in [6.45, 7) is 3.27. The highest BCUT2D eigenvalue weighted by Crippen LogP contribution is 2.16. The van der Waals surface area contributed by atoms with E-state index in [1.807, 2.05) is 0 Å². The van der Waals surface area contributed by atoms with Crippen molar-refractivity contribution in [1.29, 1.82) is 0 Å². The molecule has 1 rings (SSSR count). The van der Waals surface area contributed by atoms with Crippen molar-refractivity contribution in [3.8, 4) is 0 Å². The van der Waals surface area contributed by atoms with Crippen molar-refractivity contribution in [2.24, 2.45) is 0 Å². The fraction of sp³-hybridized carbons (Fsp3) is 0.462. The number of rotatable bonds is 6. The first-order valence-corrected chi connectivity index (χ1v) is 8.19. The van der Waals surface area contributed by atoms with E-state index in [0.29, 0.717) is 11.3 Å². The monoisotopic (exact) mass is 300 g/mol. The number of anilines is 1. The van der Waals surface area contributed by atoms with Gasteiger partial charge in [-0.3, -0.25) is 0 Å². The molecule has 1 unspecified atom stereocenters. The second kappa shape index (κ2) is 7.25. The van der Waals surface area contributed by atoms with E-state index in [1.165, 1.54) is 0 Å². The summed E-state index contributed by atoms with van der Waals surface area (Å²) >= 11 is 0. The van der Waals surface area contributed by atoms with Crippen LogP contribution in [0.4, 0.5) is 10.5 Å². The molecule has 1 atom stereocenters. The Hall–Kier alpha value is -1.60. The normalized spacial score (nSPS) is 12.8. The van der Waals surface area contributed by atoms with E-state index < -0.39 is 22.0 Å². The van der Waals surface area contributed by atoms with Crippen molar-refractivity contribution in [1.82, 2.24) is 5.32 Å². The molecule has 2 amide bonds. The molecule has 1 aromatic carbocycles. The number of carbonyl (C=O) groups is 1. The first-order chi connectivity index (χ1) is 9.34. The van der Waals surface area contributed by atoms with Gasteiger partial charge in [-0.25, -0.2) is 13.2 Å². The lowest BCUT2D eigenvalue weighted by molar-refractivity contribution is 0.199. The van der Waals surface area contributed by atoms with Crippen LogP contribution in [0, 0.1) is 0 Å². The number of carbonyl (C=O) groups excluding carboxylic acids is 1. The lowest BCUT2D eigenvalue weighted by Crippen LogP contribution is -2.33. The third-order valence-electron chi connectivity index (χ3n) is 2.77. The molecule has 0 bridgehead atoms. The van der Waals surface area contributed by atoms with Gasteiger partial charge >= 0.3 is 6.03 Å². The molecule has 0 saturated carbocycles. The van der Waals surface area contributed by atoms with Gasteiger partial charge in [-0.05, 0) is 24.6 Å². The van der Waals surface area contributed by atoms with Gasteiger partial charge in [0.15, 0.2) is 9.84 Å². The number of aliphatic hydroxyl groups is 1. The van der Waals surface area contributed by atoms with Gasteiger partial charge in [-0.15, -0.1) is 0 Å². The topological polar surface area (TPSA) is 95.5 Å². The molecule has 0 aliphatic carbocycles. The Morgan fingerprint density at radius 1 is 1.40 bits per heavy atom. The molecule has 0 fully saturated rings. The van der Waals surface area contributed by atoms with Gasteiger partial charge in [0, 0.05) is 18.0 Å². The Balaban J connectivity index is 2.49. The summed E-state index contributed by atoms with van der Waals surface area (Å²) in [7, 11) is -3.08. The Labute approximate surface area is 119 Å². The van der Waals surface area contributed by atoms with Crippen molar-refractivity contribution >= 4 is 21.6 Å². The maximum Gasteiger partial charge on any atom is 0.319 e. The summed E-state index contributed by atoms with van der Waals surface area (Å²) in [6.07, 6.45) is -0.616. The van der Waals surface area contributed by atoms with Crippen molar-refractivity contribution in [2.45, 2.75) is 20.0 Å². The van der Waals surface area contributed by atoms with E-state index in [1.54, 1.807) is 38.1 Å². The van der Waals surface area contributed by atoms with Gasteiger partial charge in [0.25, 0.3) is 0 Å². The SMILES string of the molecule is CCS(=O)(=O)CCNC(=O)Nc1cccc(C(C)O)c1. The molecule has 0 heterocycles.